The number of amides is 1. The predicted octanol–water partition coefficient (Wildman–Crippen LogP) is 1.43. The molecule has 1 atom stereocenters. The first-order valence-corrected chi connectivity index (χ1v) is 8.17. The summed E-state index contributed by atoms with van der Waals surface area (Å²) in [5.74, 6) is 1.24. The van der Waals surface area contributed by atoms with Crippen LogP contribution < -0.4 is 4.90 Å². The Bertz CT molecular complexity index is 690. The lowest BCUT2D eigenvalue weighted by Crippen LogP contribution is -2.41. The highest BCUT2D eigenvalue weighted by Gasteiger charge is 2.26. The van der Waals surface area contributed by atoms with Crippen LogP contribution in [0.2, 0.25) is 0 Å². The van der Waals surface area contributed by atoms with Gasteiger partial charge in [-0.2, -0.15) is 0 Å². The van der Waals surface area contributed by atoms with Gasteiger partial charge in [-0.1, -0.05) is 0 Å². The van der Waals surface area contributed by atoms with E-state index in [0.29, 0.717) is 11.6 Å². The molecule has 126 valence electrons. The zero-order valence-electron chi connectivity index (χ0n) is 14.1. The number of hydrogen-bond acceptors (Lipinski definition) is 6. The van der Waals surface area contributed by atoms with Crippen molar-refractivity contribution < 1.29 is 4.79 Å². The minimum absolute atomic E-state index is 0.0419. The van der Waals surface area contributed by atoms with Gasteiger partial charge in [-0.25, -0.2) is 9.97 Å². The lowest BCUT2D eigenvalue weighted by molar-refractivity contribution is 0.0666. The van der Waals surface area contributed by atoms with Gasteiger partial charge in [0.1, 0.15) is 11.5 Å². The molecule has 0 unspecified atom stereocenters. The maximum absolute atomic E-state index is 12.6. The van der Waals surface area contributed by atoms with Gasteiger partial charge in [-0.15, -0.1) is 0 Å². The lowest BCUT2D eigenvalue weighted by Gasteiger charge is -2.32. The average Bonchev–Trinajstić information content (AvgIpc) is 2.62. The van der Waals surface area contributed by atoms with Gasteiger partial charge in [0.05, 0.1) is 11.9 Å². The van der Waals surface area contributed by atoms with Crippen molar-refractivity contribution in [1.29, 1.82) is 0 Å². The Morgan fingerprint density at radius 1 is 1.21 bits per heavy atom. The molecule has 1 saturated heterocycles. The molecule has 2 aromatic rings. The summed E-state index contributed by atoms with van der Waals surface area (Å²) in [6, 6.07) is 0. The van der Waals surface area contributed by atoms with E-state index in [2.05, 4.69) is 19.9 Å². The third-order valence-electron chi connectivity index (χ3n) is 4.25. The van der Waals surface area contributed by atoms with Gasteiger partial charge in [0, 0.05) is 52.0 Å². The van der Waals surface area contributed by atoms with E-state index < -0.39 is 0 Å². The maximum Gasteiger partial charge on any atom is 0.274 e. The summed E-state index contributed by atoms with van der Waals surface area (Å²) >= 11 is 0. The molecule has 0 N–H and O–H groups in total. The van der Waals surface area contributed by atoms with Crippen LogP contribution in [0.25, 0.3) is 0 Å². The summed E-state index contributed by atoms with van der Waals surface area (Å²) in [4.78, 5) is 33.4. The normalized spacial score (nSPS) is 17.6. The third-order valence-corrected chi connectivity index (χ3v) is 4.25. The van der Waals surface area contributed by atoms with Gasteiger partial charge in [0.2, 0.25) is 0 Å². The molecule has 0 aliphatic carbocycles. The van der Waals surface area contributed by atoms with Gasteiger partial charge < -0.3 is 9.80 Å². The Morgan fingerprint density at radius 3 is 2.75 bits per heavy atom. The van der Waals surface area contributed by atoms with E-state index >= 15 is 0 Å². The fraction of sp³-hybridized carbons (Fsp3) is 0.471. The quantitative estimate of drug-likeness (QED) is 0.846. The van der Waals surface area contributed by atoms with Gasteiger partial charge in [-0.05, 0) is 25.2 Å². The second-order valence-corrected chi connectivity index (χ2v) is 6.28. The molecule has 1 amide bonds. The first-order chi connectivity index (χ1) is 11.6. The molecule has 1 aliphatic heterocycles. The Labute approximate surface area is 141 Å². The molecule has 1 aliphatic rings. The highest BCUT2D eigenvalue weighted by Crippen LogP contribution is 2.24. The van der Waals surface area contributed by atoms with Crippen LogP contribution in [0, 0.1) is 5.92 Å². The molecule has 2 aromatic heterocycles. The summed E-state index contributed by atoms with van der Waals surface area (Å²) in [6.07, 6.45) is 11.0. The number of hydrogen-bond donors (Lipinski definition) is 0. The highest BCUT2D eigenvalue weighted by molar-refractivity contribution is 5.92. The molecular formula is C17H22N6O. The summed E-state index contributed by atoms with van der Waals surface area (Å²) in [7, 11) is 3.94. The number of likely N-dealkylation sites (tertiary alicyclic amines) is 1. The number of carbonyl (C=O) groups is 1. The van der Waals surface area contributed by atoms with E-state index in [0.717, 1.165) is 43.9 Å². The molecule has 3 heterocycles. The first-order valence-electron chi connectivity index (χ1n) is 8.17. The van der Waals surface area contributed by atoms with Crippen molar-refractivity contribution in [2.24, 2.45) is 5.92 Å². The minimum Gasteiger partial charge on any atom is -0.361 e. The first kappa shape index (κ1) is 16.3. The number of rotatable bonds is 4. The van der Waals surface area contributed by atoms with Crippen LogP contribution in [0.5, 0.6) is 0 Å². The number of anilines is 1. The molecule has 7 nitrogen and oxygen atoms in total. The number of nitrogens with zero attached hydrogens (tertiary/aromatic N) is 6. The van der Waals surface area contributed by atoms with Crippen LogP contribution in [-0.2, 0) is 6.42 Å². The van der Waals surface area contributed by atoms with E-state index in [1.165, 1.54) is 6.20 Å². The monoisotopic (exact) mass is 326 g/mol. The van der Waals surface area contributed by atoms with Gasteiger partial charge in [0.15, 0.2) is 0 Å². The van der Waals surface area contributed by atoms with Crippen molar-refractivity contribution in [2.75, 3.05) is 32.1 Å². The summed E-state index contributed by atoms with van der Waals surface area (Å²) in [6.45, 7) is 1.49. The second-order valence-electron chi connectivity index (χ2n) is 6.28. The van der Waals surface area contributed by atoms with E-state index in [1.54, 1.807) is 24.8 Å². The largest absolute Gasteiger partial charge is 0.361 e. The number of carbonyl (C=O) groups excluding carboxylic acids is 1. The van der Waals surface area contributed by atoms with Gasteiger partial charge in [0.25, 0.3) is 5.91 Å². The molecule has 0 spiro atoms. The highest BCUT2D eigenvalue weighted by atomic mass is 16.2. The second kappa shape index (κ2) is 7.33. The molecule has 0 aromatic carbocycles. The van der Waals surface area contributed by atoms with Gasteiger partial charge in [-0.3, -0.25) is 14.8 Å². The molecule has 24 heavy (non-hydrogen) atoms. The van der Waals surface area contributed by atoms with Crippen molar-refractivity contribution in [1.82, 2.24) is 24.8 Å². The van der Waals surface area contributed by atoms with E-state index in [-0.39, 0.29) is 5.91 Å². The fourth-order valence-corrected chi connectivity index (χ4v) is 3.14. The zero-order valence-corrected chi connectivity index (χ0v) is 14.1. The fourth-order valence-electron chi connectivity index (χ4n) is 3.14. The summed E-state index contributed by atoms with van der Waals surface area (Å²) in [5, 5.41) is 0. The Hall–Kier alpha value is -2.57. The summed E-state index contributed by atoms with van der Waals surface area (Å²) in [5.41, 5.74) is 1.40. The van der Waals surface area contributed by atoms with Crippen molar-refractivity contribution in [3.05, 3.63) is 42.4 Å². The maximum atomic E-state index is 12.6. The molecule has 7 heteroatoms. The Balaban J connectivity index is 1.69. The number of piperidine rings is 1. The van der Waals surface area contributed by atoms with E-state index in [1.807, 2.05) is 23.9 Å². The van der Waals surface area contributed by atoms with Gasteiger partial charge >= 0.3 is 0 Å². The predicted molar refractivity (Wildman–Crippen MR) is 90.7 cm³/mol. The SMILES string of the molecule is CN(C)c1nccnc1C[C@H]1CCCN(C(=O)c2cnccn2)C1. The molecule has 0 radical (unpaired) electrons. The van der Waals surface area contributed by atoms with Crippen LogP contribution in [0.1, 0.15) is 29.0 Å². The zero-order chi connectivity index (χ0) is 16.9. The minimum atomic E-state index is -0.0419. The lowest BCUT2D eigenvalue weighted by atomic mass is 9.93. The number of aromatic nitrogens is 4. The molecular weight excluding hydrogens is 304 g/mol. The van der Waals surface area contributed by atoms with Crippen molar-refractivity contribution in [2.45, 2.75) is 19.3 Å². The Kier molecular flexibility index (Phi) is 4.98. The van der Waals surface area contributed by atoms with Crippen LogP contribution in [0.3, 0.4) is 0 Å². The molecule has 0 saturated carbocycles. The third kappa shape index (κ3) is 3.67. The van der Waals surface area contributed by atoms with Crippen LogP contribution >= 0.6 is 0 Å². The van der Waals surface area contributed by atoms with Crippen LogP contribution in [0.15, 0.2) is 31.0 Å². The van der Waals surface area contributed by atoms with Crippen molar-refractivity contribution in [3.63, 3.8) is 0 Å². The topological polar surface area (TPSA) is 75.1 Å². The van der Waals surface area contributed by atoms with Crippen molar-refractivity contribution in [3.8, 4) is 0 Å². The molecule has 1 fully saturated rings. The molecule has 3 rings (SSSR count). The van der Waals surface area contributed by atoms with Crippen LogP contribution in [0.4, 0.5) is 5.82 Å². The van der Waals surface area contributed by atoms with E-state index in [4.69, 9.17) is 0 Å². The summed E-state index contributed by atoms with van der Waals surface area (Å²) < 4.78 is 0. The standard InChI is InChI=1S/C17H22N6O/c1-22(2)16-14(19-7-8-21-16)10-13-4-3-9-23(12-13)17(24)15-11-18-5-6-20-15/h5-8,11,13H,3-4,9-10,12H2,1-2H3/t13-/m1/s1. The molecule has 0 bridgehead atoms. The van der Waals surface area contributed by atoms with Crippen molar-refractivity contribution >= 4 is 11.7 Å². The van der Waals surface area contributed by atoms with E-state index in [9.17, 15) is 4.79 Å². The smallest absolute Gasteiger partial charge is 0.274 e. The Morgan fingerprint density at radius 2 is 2.00 bits per heavy atom. The average molecular weight is 326 g/mol. The van der Waals surface area contributed by atoms with Crippen LogP contribution in [-0.4, -0.2) is 57.9 Å².